The van der Waals surface area contributed by atoms with E-state index in [0.29, 0.717) is 30.1 Å². The van der Waals surface area contributed by atoms with Gasteiger partial charge in [0.25, 0.3) is 0 Å². The molecule has 0 saturated carbocycles. The third-order valence-corrected chi connectivity index (χ3v) is 5.48. The molecular weight excluding hydrogens is 378 g/mol. The van der Waals surface area contributed by atoms with Gasteiger partial charge in [0.2, 0.25) is 0 Å². The zero-order valence-corrected chi connectivity index (χ0v) is 18.1. The fraction of sp³-hybridized carbons (Fsp3) is 0.417. The molecule has 6 heteroatoms. The topological polar surface area (TPSA) is 94.4 Å². The number of carboxylic acids is 1. The first-order valence-corrected chi connectivity index (χ1v) is 10.3. The second kappa shape index (κ2) is 8.38. The van der Waals surface area contributed by atoms with Crippen molar-refractivity contribution in [3.63, 3.8) is 0 Å². The van der Waals surface area contributed by atoms with Crippen molar-refractivity contribution in [1.29, 1.82) is 5.41 Å². The minimum atomic E-state index is -0.832. The Morgan fingerprint density at radius 1 is 1.20 bits per heavy atom. The summed E-state index contributed by atoms with van der Waals surface area (Å²) in [6, 6.07) is 9.50. The summed E-state index contributed by atoms with van der Waals surface area (Å²) in [4.78, 5) is 30.3. The zero-order chi connectivity index (χ0) is 22.1. The number of carbonyl (C=O) groups excluding carboxylic acids is 1. The second-order valence-corrected chi connectivity index (χ2v) is 8.81. The first kappa shape index (κ1) is 21.7. The molecule has 2 heterocycles. The van der Waals surface area contributed by atoms with Crippen molar-refractivity contribution < 1.29 is 14.7 Å². The van der Waals surface area contributed by atoms with Crippen LogP contribution in [0.25, 0.3) is 0 Å². The number of aliphatic carboxylic acids is 1. The molecule has 0 amide bonds. The third kappa shape index (κ3) is 4.58. The Balaban J connectivity index is 1.80. The fourth-order valence-corrected chi connectivity index (χ4v) is 3.80. The molecular formula is C24H29N3O3. The predicted molar refractivity (Wildman–Crippen MR) is 116 cm³/mol. The summed E-state index contributed by atoms with van der Waals surface area (Å²) in [5, 5.41) is 17.5. The normalized spacial score (nSPS) is 13.5. The maximum absolute atomic E-state index is 13.0. The molecule has 0 aliphatic carbocycles. The Kier molecular flexibility index (Phi) is 6.06. The van der Waals surface area contributed by atoms with Gasteiger partial charge in [-0.25, -0.2) is 4.98 Å². The maximum atomic E-state index is 13.0. The highest BCUT2D eigenvalue weighted by Gasteiger charge is 2.28. The number of amidine groups is 1. The Bertz CT molecular complexity index is 1010. The average Bonchev–Trinajstić information content (AvgIpc) is 3.00. The average molecular weight is 408 g/mol. The monoisotopic (exact) mass is 407 g/mol. The van der Waals surface area contributed by atoms with Crippen LogP contribution in [0.5, 0.6) is 0 Å². The number of fused-ring (bicyclic) bond motifs is 1. The molecule has 2 aromatic rings. The standard InChI is InChI=1S/C24H29N3O3/c1-5-18-10-8-17-13-27(23(25)22(17)26-18)14-20(28)16-7-6-15(9-11-21(29)30)19(12-16)24(2,3)4/h6-8,10,12,25H,5,9,11,13-14H2,1-4H3,(H,29,30). The minimum absolute atomic E-state index is 0.0569. The Hall–Kier alpha value is -3.02. The van der Waals surface area contributed by atoms with E-state index in [1.54, 1.807) is 11.0 Å². The lowest BCUT2D eigenvalue weighted by Crippen LogP contribution is -2.30. The number of hydrogen-bond acceptors (Lipinski definition) is 4. The molecule has 1 aromatic heterocycles. The zero-order valence-electron chi connectivity index (χ0n) is 18.1. The summed E-state index contributed by atoms with van der Waals surface area (Å²) in [5.41, 5.74) is 4.92. The van der Waals surface area contributed by atoms with Gasteiger partial charge in [0.15, 0.2) is 5.78 Å². The summed E-state index contributed by atoms with van der Waals surface area (Å²) in [7, 11) is 0. The van der Waals surface area contributed by atoms with E-state index in [-0.39, 0.29) is 24.2 Å². The number of rotatable bonds is 7. The van der Waals surface area contributed by atoms with Gasteiger partial charge in [0.1, 0.15) is 11.5 Å². The Morgan fingerprint density at radius 2 is 1.93 bits per heavy atom. The van der Waals surface area contributed by atoms with Crippen molar-refractivity contribution in [2.45, 2.75) is 58.9 Å². The van der Waals surface area contributed by atoms with E-state index in [9.17, 15) is 9.59 Å². The van der Waals surface area contributed by atoms with Gasteiger partial charge in [-0.05, 0) is 41.5 Å². The van der Waals surface area contributed by atoms with Crippen LogP contribution in [0.3, 0.4) is 0 Å². The lowest BCUT2D eigenvalue weighted by Gasteiger charge is -2.24. The number of aromatic nitrogens is 1. The number of hydrogen-bond donors (Lipinski definition) is 2. The van der Waals surface area contributed by atoms with Crippen LogP contribution in [0.4, 0.5) is 0 Å². The molecule has 0 spiro atoms. The molecule has 0 fully saturated rings. The summed E-state index contributed by atoms with van der Waals surface area (Å²) in [5.74, 6) is -0.594. The van der Waals surface area contributed by atoms with Crippen molar-refractivity contribution in [2.24, 2.45) is 0 Å². The summed E-state index contributed by atoms with van der Waals surface area (Å²) >= 11 is 0. The summed E-state index contributed by atoms with van der Waals surface area (Å²) in [6.45, 7) is 8.84. The molecule has 1 aliphatic heterocycles. The van der Waals surface area contributed by atoms with Crippen LogP contribution in [-0.4, -0.2) is 39.1 Å². The van der Waals surface area contributed by atoms with E-state index in [0.717, 1.165) is 28.8 Å². The first-order chi connectivity index (χ1) is 14.1. The van der Waals surface area contributed by atoms with Gasteiger partial charge >= 0.3 is 5.97 Å². The number of benzene rings is 1. The molecule has 2 N–H and O–H groups in total. The number of aryl methyl sites for hydroxylation is 2. The van der Waals surface area contributed by atoms with E-state index in [4.69, 9.17) is 10.5 Å². The molecule has 0 bridgehead atoms. The molecule has 0 atom stereocenters. The largest absolute Gasteiger partial charge is 0.481 e. The highest BCUT2D eigenvalue weighted by molar-refractivity contribution is 6.04. The van der Waals surface area contributed by atoms with Gasteiger partial charge in [-0.2, -0.15) is 0 Å². The number of nitrogens with one attached hydrogen (secondary N) is 1. The number of pyridine rings is 1. The number of nitrogens with zero attached hydrogens (tertiary/aromatic N) is 2. The van der Waals surface area contributed by atoms with E-state index in [1.807, 2.05) is 31.2 Å². The van der Waals surface area contributed by atoms with E-state index in [1.165, 1.54) is 0 Å². The molecule has 0 saturated heterocycles. The summed E-state index contributed by atoms with van der Waals surface area (Å²) < 4.78 is 0. The number of Topliss-reactive ketones (excluding diaryl/α,β-unsaturated/α-hetero) is 1. The third-order valence-electron chi connectivity index (χ3n) is 5.48. The molecule has 0 unspecified atom stereocenters. The van der Waals surface area contributed by atoms with E-state index < -0.39 is 5.97 Å². The molecule has 30 heavy (non-hydrogen) atoms. The van der Waals surface area contributed by atoms with Crippen molar-refractivity contribution in [3.05, 3.63) is 64.0 Å². The smallest absolute Gasteiger partial charge is 0.303 e. The van der Waals surface area contributed by atoms with Gasteiger partial charge in [-0.15, -0.1) is 0 Å². The van der Waals surface area contributed by atoms with Crippen molar-refractivity contribution in [2.75, 3.05) is 6.54 Å². The van der Waals surface area contributed by atoms with Gasteiger partial charge in [-0.3, -0.25) is 15.0 Å². The van der Waals surface area contributed by atoms with Crippen molar-refractivity contribution in [3.8, 4) is 0 Å². The molecule has 0 radical (unpaired) electrons. The van der Waals surface area contributed by atoms with Gasteiger partial charge in [0, 0.05) is 29.8 Å². The number of carboxylic acid groups (broad SMARTS) is 1. The fourth-order valence-electron chi connectivity index (χ4n) is 3.80. The first-order valence-electron chi connectivity index (χ1n) is 10.3. The van der Waals surface area contributed by atoms with Gasteiger partial charge in [0.05, 0.1) is 6.54 Å². The van der Waals surface area contributed by atoms with Crippen LogP contribution >= 0.6 is 0 Å². The van der Waals surface area contributed by atoms with Crippen LogP contribution in [0.1, 0.15) is 72.6 Å². The van der Waals surface area contributed by atoms with Crippen LogP contribution < -0.4 is 0 Å². The lowest BCUT2D eigenvalue weighted by atomic mass is 9.81. The quantitative estimate of drug-likeness (QED) is 0.677. The highest BCUT2D eigenvalue weighted by atomic mass is 16.4. The molecule has 158 valence electrons. The van der Waals surface area contributed by atoms with E-state index >= 15 is 0 Å². The summed E-state index contributed by atoms with van der Waals surface area (Å²) in [6.07, 6.45) is 1.31. The van der Waals surface area contributed by atoms with Crippen molar-refractivity contribution >= 4 is 17.6 Å². The molecule has 6 nitrogen and oxygen atoms in total. The second-order valence-electron chi connectivity index (χ2n) is 8.81. The predicted octanol–water partition coefficient (Wildman–Crippen LogP) is 3.98. The number of ketones is 1. The van der Waals surface area contributed by atoms with Crippen LogP contribution in [0.15, 0.2) is 30.3 Å². The maximum Gasteiger partial charge on any atom is 0.303 e. The lowest BCUT2D eigenvalue weighted by molar-refractivity contribution is -0.136. The molecule has 3 rings (SSSR count). The van der Waals surface area contributed by atoms with Crippen LogP contribution in [-0.2, 0) is 29.6 Å². The SMILES string of the molecule is CCc1ccc2c(n1)C(=N)N(CC(=O)c1ccc(CCC(=O)O)c(C(C)(C)C)c1)C2. The van der Waals surface area contributed by atoms with Gasteiger partial charge < -0.3 is 10.0 Å². The Labute approximate surface area is 177 Å². The van der Waals surface area contributed by atoms with Crippen molar-refractivity contribution in [1.82, 2.24) is 9.88 Å². The minimum Gasteiger partial charge on any atom is -0.481 e. The highest BCUT2D eigenvalue weighted by Crippen LogP contribution is 2.29. The van der Waals surface area contributed by atoms with Gasteiger partial charge in [-0.1, -0.05) is 45.9 Å². The van der Waals surface area contributed by atoms with E-state index in [2.05, 4.69) is 25.8 Å². The molecule has 1 aliphatic rings. The Morgan fingerprint density at radius 3 is 2.57 bits per heavy atom. The molecule has 1 aromatic carbocycles. The van der Waals surface area contributed by atoms with Crippen LogP contribution in [0, 0.1) is 5.41 Å². The van der Waals surface area contributed by atoms with Crippen LogP contribution in [0.2, 0.25) is 0 Å². The number of carbonyl (C=O) groups is 2.